The van der Waals surface area contributed by atoms with Crippen molar-refractivity contribution < 1.29 is 13.6 Å². The summed E-state index contributed by atoms with van der Waals surface area (Å²) in [5, 5.41) is 0. The fraction of sp³-hybridized carbons (Fsp3) is 0.360. The van der Waals surface area contributed by atoms with E-state index in [1.54, 1.807) is 30.0 Å². The number of carbonyl (C=O) groups excluding carboxylic acids is 1. The van der Waals surface area contributed by atoms with Crippen LogP contribution in [0.25, 0.3) is 0 Å². The number of fused-ring (bicyclic) bond motifs is 1. The molecule has 1 aromatic heterocycles. The van der Waals surface area contributed by atoms with Crippen LogP contribution in [0.15, 0.2) is 48.7 Å². The van der Waals surface area contributed by atoms with Crippen molar-refractivity contribution in [1.82, 2.24) is 14.5 Å². The molecule has 0 saturated carbocycles. The summed E-state index contributed by atoms with van der Waals surface area (Å²) >= 11 is 0. The summed E-state index contributed by atoms with van der Waals surface area (Å²) in [5.41, 5.74) is 3.20. The molecule has 2 unspecified atom stereocenters. The lowest BCUT2D eigenvalue weighted by molar-refractivity contribution is -0.120. The minimum absolute atomic E-state index is 0.180. The van der Waals surface area contributed by atoms with Crippen LogP contribution in [-0.2, 0) is 17.8 Å². The van der Waals surface area contributed by atoms with Gasteiger partial charge in [-0.25, -0.2) is 13.8 Å². The molecule has 1 amide bonds. The first-order valence-corrected chi connectivity index (χ1v) is 11.1. The Morgan fingerprint density at radius 3 is 2.69 bits per heavy atom. The maximum atomic E-state index is 14.4. The van der Waals surface area contributed by atoms with Crippen LogP contribution in [0.1, 0.15) is 41.0 Å². The summed E-state index contributed by atoms with van der Waals surface area (Å²) in [6.45, 7) is 4.16. The molecule has 5 nitrogen and oxygen atoms in total. The van der Waals surface area contributed by atoms with Crippen LogP contribution in [-0.4, -0.2) is 40.5 Å². The highest BCUT2D eigenvalue weighted by atomic mass is 19.1. The van der Waals surface area contributed by atoms with Crippen molar-refractivity contribution in [3.8, 4) is 0 Å². The Hall–Kier alpha value is -3.22. The second-order valence-electron chi connectivity index (χ2n) is 8.74. The number of aromatic nitrogens is 2. The van der Waals surface area contributed by atoms with E-state index < -0.39 is 0 Å². The average molecular weight is 437 g/mol. The second kappa shape index (κ2) is 8.37. The number of nitrogens with zero attached hydrogens (tertiary/aromatic N) is 4. The highest BCUT2D eigenvalue weighted by molar-refractivity contribution is 5.53. The van der Waals surface area contributed by atoms with Gasteiger partial charge in [0.05, 0.1) is 17.4 Å². The minimum atomic E-state index is -0.257. The quantitative estimate of drug-likeness (QED) is 0.575. The molecule has 166 valence electrons. The van der Waals surface area contributed by atoms with Gasteiger partial charge in [0, 0.05) is 44.7 Å². The van der Waals surface area contributed by atoms with Gasteiger partial charge in [-0.15, -0.1) is 0 Å². The zero-order valence-electron chi connectivity index (χ0n) is 18.0. The summed E-state index contributed by atoms with van der Waals surface area (Å²) in [6, 6.07) is 11.9. The van der Waals surface area contributed by atoms with Gasteiger partial charge in [0.2, 0.25) is 6.41 Å². The number of imidazole rings is 1. The summed E-state index contributed by atoms with van der Waals surface area (Å²) in [5.74, 6) is 0.865. The highest BCUT2D eigenvalue weighted by Gasteiger charge is 2.32. The van der Waals surface area contributed by atoms with Crippen LogP contribution in [0.3, 0.4) is 0 Å². The molecule has 0 N–H and O–H groups in total. The topological polar surface area (TPSA) is 41.4 Å². The molecule has 2 atom stereocenters. The van der Waals surface area contributed by atoms with E-state index in [1.807, 2.05) is 29.3 Å². The third-order valence-electron chi connectivity index (χ3n) is 6.76. The van der Waals surface area contributed by atoms with Gasteiger partial charge in [-0.2, -0.15) is 0 Å². The number of amides is 1. The number of hydrogen-bond acceptors (Lipinski definition) is 3. The number of para-hydroxylation sites is 1. The molecule has 0 radical (unpaired) electrons. The van der Waals surface area contributed by atoms with E-state index in [1.165, 1.54) is 6.07 Å². The molecule has 0 aliphatic carbocycles. The van der Waals surface area contributed by atoms with E-state index in [4.69, 9.17) is 4.98 Å². The van der Waals surface area contributed by atoms with Crippen molar-refractivity contribution >= 4 is 12.1 Å². The van der Waals surface area contributed by atoms with Crippen LogP contribution < -0.4 is 4.90 Å². The molecule has 5 rings (SSSR count). The number of carbonyl (C=O) groups is 1. The lowest BCUT2D eigenvalue weighted by atomic mass is 9.90. The first kappa shape index (κ1) is 20.7. The van der Waals surface area contributed by atoms with Crippen LogP contribution in [0.4, 0.5) is 14.5 Å². The molecule has 7 heteroatoms. The van der Waals surface area contributed by atoms with Crippen molar-refractivity contribution in [3.63, 3.8) is 0 Å². The van der Waals surface area contributed by atoms with Gasteiger partial charge in [0.25, 0.3) is 0 Å². The number of benzene rings is 2. The summed E-state index contributed by atoms with van der Waals surface area (Å²) in [6.07, 6.45) is 4.67. The van der Waals surface area contributed by atoms with Gasteiger partial charge in [0.15, 0.2) is 0 Å². The lowest BCUT2D eigenvalue weighted by Crippen LogP contribution is -2.48. The SMILES string of the molecule is Cc1cc(C2CCc3nc(C4CN(c5ccccc5F)CCN4C=O)cn3C2)ccc1F. The standard InChI is InChI=1S/C25H26F2N4O/c1-17-12-18(6-8-20(17)26)19-7-9-25-28-22(14-31(25)13-19)24-15-29(10-11-30(24)16-32)23-5-3-2-4-21(23)27/h2-6,8,12,14,16,19,24H,7,9-11,13,15H2,1H3. The van der Waals surface area contributed by atoms with Gasteiger partial charge in [-0.3, -0.25) is 4.79 Å². The van der Waals surface area contributed by atoms with Crippen LogP contribution in [0.2, 0.25) is 0 Å². The van der Waals surface area contributed by atoms with E-state index in [0.29, 0.717) is 36.8 Å². The molecule has 2 aliphatic rings. The predicted octanol–water partition coefficient (Wildman–Crippen LogP) is 4.22. The third-order valence-corrected chi connectivity index (χ3v) is 6.76. The second-order valence-corrected chi connectivity index (χ2v) is 8.74. The number of aryl methyl sites for hydroxylation is 2. The van der Waals surface area contributed by atoms with Gasteiger partial charge < -0.3 is 14.4 Å². The largest absolute Gasteiger partial charge is 0.365 e. The number of halogens is 2. The van der Waals surface area contributed by atoms with Crippen molar-refractivity contribution in [1.29, 1.82) is 0 Å². The Balaban J connectivity index is 1.39. The summed E-state index contributed by atoms with van der Waals surface area (Å²) < 4.78 is 30.2. The fourth-order valence-corrected chi connectivity index (χ4v) is 4.93. The lowest BCUT2D eigenvalue weighted by Gasteiger charge is -2.40. The molecule has 2 aromatic carbocycles. The molecular weight excluding hydrogens is 410 g/mol. The van der Waals surface area contributed by atoms with Gasteiger partial charge in [-0.1, -0.05) is 24.3 Å². The average Bonchev–Trinajstić information content (AvgIpc) is 3.24. The van der Waals surface area contributed by atoms with Gasteiger partial charge in [-0.05, 0) is 42.7 Å². The Morgan fingerprint density at radius 2 is 1.91 bits per heavy atom. The van der Waals surface area contributed by atoms with Crippen molar-refractivity contribution in [2.75, 3.05) is 24.5 Å². The fourth-order valence-electron chi connectivity index (χ4n) is 4.93. The van der Waals surface area contributed by atoms with Crippen LogP contribution >= 0.6 is 0 Å². The highest BCUT2D eigenvalue weighted by Crippen LogP contribution is 2.33. The molecule has 2 aliphatic heterocycles. The zero-order chi connectivity index (χ0) is 22.2. The van der Waals surface area contributed by atoms with Crippen molar-refractivity contribution in [3.05, 3.63) is 82.9 Å². The Kier molecular flexibility index (Phi) is 5.41. The maximum Gasteiger partial charge on any atom is 0.210 e. The smallest absolute Gasteiger partial charge is 0.210 e. The number of piperazine rings is 1. The Bertz CT molecular complexity index is 1140. The monoisotopic (exact) mass is 436 g/mol. The molecule has 32 heavy (non-hydrogen) atoms. The van der Waals surface area contributed by atoms with Crippen LogP contribution in [0.5, 0.6) is 0 Å². The summed E-state index contributed by atoms with van der Waals surface area (Å²) in [4.78, 5) is 20.4. The number of anilines is 1. The third kappa shape index (κ3) is 3.76. The molecule has 1 fully saturated rings. The van der Waals surface area contributed by atoms with E-state index in [2.05, 4.69) is 4.57 Å². The number of hydrogen-bond donors (Lipinski definition) is 0. The minimum Gasteiger partial charge on any atom is -0.365 e. The first-order valence-electron chi connectivity index (χ1n) is 11.1. The molecule has 3 aromatic rings. The number of rotatable bonds is 4. The maximum absolute atomic E-state index is 14.4. The molecule has 3 heterocycles. The van der Waals surface area contributed by atoms with E-state index in [9.17, 15) is 13.6 Å². The van der Waals surface area contributed by atoms with E-state index in [-0.39, 0.29) is 17.7 Å². The first-order chi connectivity index (χ1) is 15.5. The molecule has 0 spiro atoms. The van der Waals surface area contributed by atoms with Crippen molar-refractivity contribution in [2.45, 2.75) is 38.3 Å². The van der Waals surface area contributed by atoms with E-state index >= 15 is 0 Å². The zero-order valence-corrected chi connectivity index (χ0v) is 18.0. The van der Waals surface area contributed by atoms with Crippen molar-refractivity contribution in [2.24, 2.45) is 0 Å². The Morgan fingerprint density at radius 1 is 1.06 bits per heavy atom. The summed E-state index contributed by atoms with van der Waals surface area (Å²) in [7, 11) is 0. The van der Waals surface area contributed by atoms with Gasteiger partial charge >= 0.3 is 0 Å². The predicted molar refractivity (Wildman–Crippen MR) is 119 cm³/mol. The normalized spacial score (nSPS) is 20.8. The Labute approximate surface area is 186 Å². The van der Waals surface area contributed by atoms with Crippen LogP contribution in [0, 0.1) is 18.6 Å². The van der Waals surface area contributed by atoms with E-state index in [0.717, 1.165) is 42.9 Å². The molecule has 1 saturated heterocycles. The van der Waals surface area contributed by atoms with Gasteiger partial charge in [0.1, 0.15) is 17.5 Å². The molecular formula is C25H26F2N4O. The molecule has 0 bridgehead atoms.